The Kier molecular flexibility index (Phi) is 8.24. The zero-order chi connectivity index (χ0) is 24.7. The van der Waals surface area contributed by atoms with Gasteiger partial charge in [-0.3, -0.25) is 14.9 Å². The summed E-state index contributed by atoms with van der Waals surface area (Å²) in [7, 11) is 0. The number of carbonyl (C=O) groups is 4. The van der Waals surface area contributed by atoms with E-state index in [2.05, 4.69) is 10.6 Å². The number of carboxylic acids is 1. The summed E-state index contributed by atoms with van der Waals surface area (Å²) >= 11 is 0. The van der Waals surface area contributed by atoms with E-state index in [9.17, 15) is 19.2 Å². The van der Waals surface area contributed by atoms with Crippen LogP contribution < -0.4 is 10.6 Å². The molecule has 0 bridgehead atoms. The molecule has 3 N–H and O–H groups in total. The number of esters is 1. The van der Waals surface area contributed by atoms with Crippen molar-refractivity contribution in [3.05, 3.63) is 59.7 Å². The lowest BCUT2D eigenvalue weighted by atomic mass is 9.98. The van der Waals surface area contributed by atoms with Crippen molar-refractivity contribution in [2.24, 2.45) is 0 Å². The van der Waals surface area contributed by atoms with Crippen LogP contribution >= 0.6 is 0 Å². The molecule has 1 aliphatic rings. The number of ether oxygens (including phenoxy) is 2. The second kappa shape index (κ2) is 11.3. The van der Waals surface area contributed by atoms with E-state index in [1.807, 2.05) is 48.5 Å². The number of aliphatic carboxylic acids is 1. The van der Waals surface area contributed by atoms with Crippen molar-refractivity contribution in [2.75, 3.05) is 13.2 Å². The van der Waals surface area contributed by atoms with Crippen molar-refractivity contribution in [3.8, 4) is 11.1 Å². The van der Waals surface area contributed by atoms with E-state index < -0.39 is 36.0 Å². The number of carboxylic acid groups (broad SMARTS) is 1. The maximum atomic E-state index is 12.7. The van der Waals surface area contributed by atoms with Crippen molar-refractivity contribution in [1.29, 1.82) is 0 Å². The third-order valence-electron chi connectivity index (χ3n) is 5.65. The molecule has 34 heavy (non-hydrogen) atoms. The van der Waals surface area contributed by atoms with Gasteiger partial charge in [0.15, 0.2) is 0 Å². The van der Waals surface area contributed by atoms with Crippen LogP contribution in [0, 0.1) is 0 Å². The molecule has 2 aromatic rings. The van der Waals surface area contributed by atoms with Crippen LogP contribution in [-0.4, -0.2) is 54.3 Å². The Morgan fingerprint density at radius 1 is 0.912 bits per heavy atom. The van der Waals surface area contributed by atoms with Gasteiger partial charge >= 0.3 is 18.0 Å². The fraction of sp³-hybridized carbons (Fsp3) is 0.360. The number of benzene rings is 2. The molecule has 2 unspecified atom stereocenters. The molecular weight excluding hydrogens is 440 g/mol. The lowest BCUT2D eigenvalue weighted by Gasteiger charge is -2.21. The van der Waals surface area contributed by atoms with E-state index in [1.165, 1.54) is 0 Å². The highest BCUT2D eigenvalue weighted by Gasteiger charge is 2.33. The van der Waals surface area contributed by atoms with Crippen LogP contribution in [0.1, 0.15) is 43.7 Å². The summed E-state index contributed by atoms with van der Waals surface area (Å²) in [6, 6.07) is 13.3. The van der Waals surface area contributed by atoms with E-state index >= 15 is 0 Å². The molecule has 1 aliphatic carbocycles. The number of hydrogen-bond acceptors (Lipinski definition) is 6. The standard InChI is InChI=1S/C25H28N2O7/c1-3-15(13-21(28)29)26-23(30)22(24(31)33-4-2)27-25(32)34-14-20-18-11-7-5-9-16(18)17-10-6-8-12-19(17)20/h5-12,15,20,22H,3-4,13-14H2,1-2H3,(H,26,30)(H,27,32)(H,28,29). The van der Waals surface area contributed by atoms with Gasteiger partial charge in [0.1, 0.15) is 6.61 Å². The van der Waals surface area contributed by atoms with E-state index in [1.54, 1.807) is 13.8 Å². The first kappa shape index (κ1) is 24.8. The topological polar surface area (TPSA) is 131 Å². The number of fused-ring (bicyclic) bond motifs is 3. The molecule has 9 heteroatoms. The van der Waals surface area contributed by atoms with E-state index in [-0.39, 0.29) is 25.6 Å². The first-order chi connectivity index (χ1) is 16.3. The predicted octanol–water partition coefficient (Wildman–Crippen LogP) is 2.83. The SMILES string of the molecule is CCOC(=O)C(NC(=O)OCC1c2ccccc2-c2ccccc21)C(=O)NC(CC)CC(=O)O. The Hall–Kier alpha value is -3.88. The molecule has 0 heterocycles. The van der Waals surface area contributed by atoms with Gasteiger partial charge in [-0.25, -0.2) is 9.59 Å². The third kappa shape index (κ3) is 5.72. The molecular formula is C25H28N2O7. The van der Waals surface area contributed by atoms with Crippen molar-refractivity contribution >= 4 is 23.9 Å². The van der Waals surface area contributed by atoms with E-state index in [0.717, 1.165) is 22.3 Å². The monoisotopic (exact) mass is 468 g/mol. The van der Waals surface area contributed by atoms with Crippen LogP contribution in [0.2, 0.25) is 0 Å². The third-order valence-corrected chi connectivity index (χ3v) is 5.65. The molecule has 2 atom stereocenters. The average molecular weight is 469 g/mol. The van der Waals surface area contributed by atoms with Gasteiger partial charge in [0.2, 0.25) is 6.04 Å². The van der Waals surface area contributed by atoms with Crippen LogP contribution in [0.5, 0.6) is 0 Å². The number of rotatable bonds is 10. The molecule has 2 amide bonds. The number of hydrogen-bond donors (Lipinski definition) is 3. The molecule has 0 saturated carbocycles. The lowest BCUT2D eigenvalue weighted by molar-refractivity contribution is -0.149. The largest absolute Gasteiger partial charge is 0.481 e. The van der Waals surface area contributed by atoms with Crippen LogP contribution in [-0.2, 0) is 23.9 Å². The van der Waals surface area contributed by atoms with Gasteiger partial charge in [-0.2, -0.15) is 0 Å². The Morgan fingerprint density at radius 2 is 1.50 bits per heavy atom. The average Bonchev–Trinajstić information content (AvgIpc) is 3.14. The van der Waals surface area contributed by atoms with Gasteiger partial charge in [0.05, 0.1) is 13.0 Å². The van der Waals surface area contributed by atoms with Crippen LogP contribution in [0.15, 0.2) is 48.5 Å². The molecule has 2 aromatic carbocycles. The molecule has 0 aromatic heterocycles. The molecule has 3 rings (SSSR count). The number of nitrogens with one attached hydrogen (secondary N) is 2. The Labute approximate surface area is 197 Å². The minimum absolute atomic E-state index is 0.00130. The second-order valence-corrected chi connectivity index (χ2v) is 7.87. The minimum atomic E-state index is -1.67. The minimum Gasteiger partial charge on any atom is -0.481 e. The van der Waals surface area contributed by atoms with Crippen molar-refractivity contribution in [1.82, 2.24) is 10.6 Å². The Balaban J connectivity index is 1.68. The van der Waals surface area contributed by atoms with Crippen molar-refractivity contribution in [3.63, 3.8) is 0 Å². The zero-order valence-corrected chi connectivity index (χ0v) is 19.1. The quantitative estimate of drug-likeness (QED) is 0.361. The van der Waals surface area contributed by atoms with Gasteiger partial charge < -0.3 is 19.9 Å². The summed E-state index contributed by atoms with van der Waals surface area (Å²) in [6.07, 6.45) is -0.942. The number of carbonyl (C=O) groups excluding carboxylic acids is 3. The van der Waals surface area contributed by atoms with E-state index in [0.29, 0.717) is 6.42 Å². The predicted molar refractivity (Wildman–Crippen MR) is 123 cm³/mol. The summed E-state index contributed by atoms with van der Waals surface area (Å²) in [5.74, 6) is -3.10. The lowest BCUT2D eigenvalue weighted by Crippen LogP contribution is -2.54. The zero-order valence-electron chi connectivity index (χ0n) is 19.1. The van der Waals surface area contributed by atoms with Crippen molar-refractivity contribution < 1.29 is 33.8 Å². The normalized spacial score (nSPS) is 13.7. The molecule has 180 valence electrons. The molecule has 0 saturated heterocycles. The first-order valence-corrected chi connectivity index (χ1v) is 11.2. The molecule has 0 aliphatic heterocycles. The summed E-state index contributed by atoms with van der Waals surface area (Å²) < 4.78 is 10.3. The smallest absolute Gasteiger partial charge is 0.408 e. The van der Waals surface area contributed by atoms with Gasteiger partial charge in [-0.15, -0.1) is 0 Å². The van der Waals surface area contributed by atoms with Crippen LogP contribution in [0.3, 0.4) is 0 Å². The van der Waals surface area contributed by atoms with Crippen LogP contribution in [0.25, 0.3) is 11.1 Å². The highest BCUT2D eigenvalue weighted by molar-refractivity contribution is 6.04. The fourth-order valence-electron chi connectivity index (χ4n) is 4.01. The highest BCUT2D eigenvalue weighted by Crippen LogP contribution is 2.44. The maximum absolute atomic E-state index is 12.7. The Morgan fingerprint density at radius 3 is 2.03 bits per heavy atom. The van der Waals surface area contributed by atoms with Gasteiger partial charge in [0, 0.05) is 12.0 Å². The molecule has 0 fully saturated rings. The second-order valence-electron chi connectivity index (χ2n) is 7.87. The molecule has 0 radical (unpaired) electrons. The summed E-state index contributed by atoms with van der Waals surface area (Å²) in [5.41, 5.74) is 4.19. The maximum Gasteiger partial charge on any atom is 0.408 e. The summed E-state index contributed by atoms with van der Waals surface area (Å²) in [4.78, 5) is 48.5. The Bertz CT molecular complexity index is 1020. The van der Waals surface area contributed by atoms with Gasteiger partial charge in [0.25, 0.3) is 5.91 Å². The van der Waals surface area contributed by atoms with Crippen molar-refractivity contribution in [2.45, 2.75) is 44.7 Å². The van der Waals surface area contributed by atoms with E-state index in [4.69, 9.17) is 14.6 Å². The van der Waals surface area contributed by atoms with Gasteiger partial charge in [-0.1, -0.05) is 55.5 Å². The molecule has 0 spiro atoms. The number of alkyl carbamates (subject to hydrolysis) is 1. The number of amides is 2. The van der Waals surface area contributed by atoms with Gasteiger partial charge in [-0.05, 0) is 35.6 Å². The highest BCUT2D eigenvalue weighted by atomic mass is 16.6. The summed E-state index contributed by atoms with van der Waals surface area (Å²) in [6.45, 7) is 3.28. The first-order valence-electron chi connectivity index (χ1n) is 11.2. The summed E-state index contributed by atoms with van der Waals surface area (Å²) in [5, 5.41) is 13.7. The molecule has 9 nitrogen and oxygen atoms in total. The van der Waals surface area contributed by atoms with Crippen LogP contribution in [0.4, 0.5) is 4.79 Å². The fourth-order valence-corrected chi connectivity index (χ4v) is 4.01.